The number of amides is 1. The molecule has 40 heavy (non-hydrogen) atoms. The van der Waals surface area contributed by atoms with Gasteiger partial charge < -0.3 is 24.2 Å². The van der Waals surface area contributed by atoms with E-state index >= 15 is 0 Å². The van der Waals surface area contributed by atoms with Gasteiger partial charge in [-0.1, -0.05) is 18.6 Å². The molecule has 0 aliphatic carbocycles. The molecular weight excluding hydrogens is 520 g/mol. The fraction of sp³-hybridized carbons (Fsp3) is 0.571. The van der Waals surface area contributed by atoms with Gasteiger partial charge in [0.15, 0.2) is 5.82 Å². The number of likely N-dealkylation sites (tertiary alicyclic amines) is 2. The number of piperidine rings is 1. The van der Waals surface area contributed by atoms with Gasteiger partial charge in [0, 0.05) is 25.6 Å². The Morgan fingerprint density at radius 1 is 1.02 bits per heavy atom. The van der Waals surface area contributed by atoms with Crippen LogP contribution < -0.4 is 9.64 Å². The van der Waals surface area contributed by atoms with Gasteiger partial charge >= 0.3 is 0 Å². The van der Waals surface area contributed by atoms with E-state index in [4.69, 9.17) is 9.47 Å². The van der Waals surface area contributed by atoms with Crippen LogP contribution in [0.5, 0.6) is 5.88 Å². The highest BCUT2D eigenvalue weighted by atomic mass is 19.3. The molecule has 0 atom stereocenters. The van der Waals surface area contributed by atoms with Crippen molar-refractivity contribution in [2.45, 2.75) is 44.6 Å². The van der Waals surface area contributed by atoms with Crippen molar-refractivity contribution in [3.63, 3.8) is 0 Å². The van der Waals surface area contributed by atoms with Crippen molar-refractivity contribution in [1.82, 2.24) is 29.3 Å². The van der Waals surface area contributed by atoms with Crippen LogP contribution in [-0.4, -0.2) is 100 Å². The summed E-state index contributed by atoms with van der Waals surface area (Å²) in [7, 11) is 0. The SMILES string of the molecule is O=C(CCCN1CCCCC1)N1CC(Oc2cc(-n3c(C(F)F)nc4ccccc43)nc(N3CCOCC3)n2)C1. The summed E-state index contributed by atoms with van der Waals surface area (Å²) < 4.78 is 41.2. The Bertz CT molecular complexity index is 1320. The molecule has 0 radical (unpaired) electrons. The predicted octanol–water partition coefficient (Wildman–Crippen LogP) is 3.45. The number of nitrogens with zero attached hydrogens (tertiary/aromatic N) is 7. The molecule has 0 unspecified atom stereocenters. The van der Waals surface area contributed by atoms with Crippen molar-refractivity contribution in [1.29, 1.82) is 0 Å². The van der Waals surface area contributed by atoms with Crippen molar-refractivity contribution in [3.8, 4) is 11.7 Å². The van der Waals surface area contributed by atoms with Crippen LogP contribution >= 0.6 is 0 Å². The molecule has 0 bridgehead atoms. The second-order valence-corrected chi connectivity index (χ2v) is 10.6. The summed E-state index contributed by atoms with van der Waals surface area (Å²) in [4.78, 5) is 32.3. The van der Waals surface area contributed by atoms with Crippen LogP contribution in [0.3, 0.4) is 0 Å². The molecule has 0 saturated carbocycles. The van der Waals surface area contributed by atoms with Gasteiger partial charge in [-0.05, 0) is 51.0 Å². The lowest BCUT2D eigenvalue weighted by Gasteiger charge is -2.39. The number of aromatic nitrogens is 4. The van der Waals surface area contributed by atoms with E-state index in [0.29, 0.717) is 62.8 Å². The number of alkyl halides is 2. The third-order valence-electron chi connectivity index (χ3n) is 7.78. The first-order valence-electron chi connectivity index (χ1n) is 14.2. The number of ether oxygens (including phenoxy) is 2. The number of para-hydroxylation sites is 2. The Hall–Kier alpha value is -3.38. The van der Waals surface area contributed by atoms with Crippen LogP contribution in [0.25, 0.3) is 16.9 Å². The Morgan fingerprint density at radius 2 is 1.80 bits per heavy atom. The number of carbonyl (C=O) groups excluding carboxylic acids is 1. The van der Waals surface area contributed by atoms with Crippen molar-refractivity contribution in [3.05, 3.63) is 36.2 Å². The van der Waals surface area contributed by atoms with E-state index in [9.17, 15) is 13.6 Å². The molecule has 214 valence electrons. The number of carbonyl (C=O) groups is 1. The molecule has 3 aliphatic heterocycles. The van der Waals surface area contributed by atoms with Crippen LogP contribution in [0.4, 0.5) is 14.7 Å². The molecule has 6 rings (SSSR count). The average molecular weight is 556 g/mol. The van der Waals surface area contributed by atoms with E-state index in [1.54, 1.807) is 30.3 Å². The number of rotatable bonds is 9. The van der Waals surface area contributed by atoms with Crippen molar-refractivity contribution in [2.75, 3.05) is 63.9 Å². The summed E-state index contributed by atoms with van der Waals surface area (Å²) >= 11 is 0. The summed E-state index contributed by atoms with van der Waals surface area (Å²) in [6.45, 7) is 6.41. The number of benzene rings is 1. The fourth-order valence-electron chi connectivity index (χ4n) is 5.59. The number of morpholine rings is 1. The molecule has 3 aromatic rings. The van der Waals surface area contributed by atoms with Gasteiger partial charge in [0.05, 0.1) is 37.3 Å². The molecular formula is C28H35F2N7O3. The number of imidazole rings is 1. The highest BCUT2D eigenvalue weighted by molar-refractivity contribution is 5.78. The highest BCUT2D eigenvalue weighted by Crippen LogP contribution is 2.30. The van der Waals surface area contributed by atoms with Crippen molar-refractivity contribution in [2.24, 2.45) is 0 Å². The van der Waals surface area contributed by atoms with Crippen molar-refractivity contribution >= 4 is 22.9 Å². The van der Waals surface area contributed by atoms with Crippen LogP contribution in [0.2, 0.25) is 0 Å². The summed E-state index contributed by atoms with van der Waals surface area (Å²) in [6.07, 6.45) is 2.19. The molecule has 3 saturated heterocycles. The second-order valence-electron chi connectivity index (χ2n) is 10.6. The lowest BCUT2D eigenvalue weighted by molar-refractivity contribution is -0.140. The Kier molecular flexibility index (Phi) is 8.05. The topological polar surface area (TPSA) is 88.9 Å². The van der Waals surface area contributed by atoms with Gasteiger partial charge in [-0.2, -0.15) is 9.97 Å². The maximum Gasteiger partial charge on any atom is 0.296 e. The Morgan fingerprint density at radius 3 is 2.58 bits per heavy atom. The summed E-state index contributed by atoms with van der Waals surface area (Å²) in [5.74, 6) is 0.690. The third-order valence-corrected chi connectivity index (χ3v) is 7.78. The molecule has 5 heterocycles. The number of hydrogen-bond acceptors (Lipinski definition) is 8. The van der Waals surface area contributed by atoms with E-state index in [0.717, 1.165) is 26.1 Å². The van der Waals surface area contributed by atoms with Crippen LogP contribution in [0.15, 0.2) is 30.3 Å². The lowest BCUT2D eigenvalue weighted by atomic mass is 10.1. The minimum Gasteiger partial charge on any atom is -0.470 e. The monoisotopic (exact) mass is 555 g/mol. The summed E-state index contributed by atoms with van der Waals surface area (Å²) in [6, 6.07) is 8.56. The maximum atomic E-state index is 14.1. The molecule has 0 N–H and O–H groups in total. The quantitative estimate of drug-likeness (QED) is 0.397. The van der Waals surface area contributed by atoms with E-state index in [2.05, 4.69) is 19.9 Å². The molecule has 0 spiro atoms. The standard InChI is InChI=1S/C28H35F2N7O3/c29-26(30)27-31-21-7-2-3-8-22(21)37(27)23-17-24(33-28(32-23)35-13-15-39-16-14-35)40-20-18-36(19-20)25(38)9-6-12-34-10-4-1-5-11-34/h2-3,7-8,17,20,26H,1,4-6,9-16,18-19H2. The van der Waals surface area contributed by atoms with Gasteiger partial charge in [-0.15, -0.1) is 0 Å². The molecule has 1 amide bonds. The lowest BCUT2D eigenvalue weighted by Crippen LogP contribution is -2.56. The van der Waals surface area contributed by atoms with Crippen molar-refractivity contribution < 1.29 is 23.0 Å². The molecule has 2 aromatic heterocycles. The fourth-order valence-corrected chi connectivity index (χ4v) is 5.59. The first kappa shape index (κ1) is 26.8. The van der Waals surface area contributed by atoms with Crippen LogP contribution in [0, 0.1) is 0 Å². The highest BCUT2D eigenvalue weighted by Gasteiger charge is 2.33. The Labute approximate surface area is 231 Å². The summed E-state index contributed by atoms with van der Waals surface area (Å²) in [5, 5.41) is 0. The van der Waals surface area contributed by atoms with Gasteiger partial charge in [0.25, 0.3) is 6.43 Å². The van der Waals surface area contributed by atoms with E-state index in [1.165, 1.54) is 23.8 Å². The normalized spacial score (nSPS) is 18.9. The maximum absolute atomic E-state index is 14.1. The minimum atomic E-state index is -2.79. The zero-order chi connectivity index (χ0) is 27.5. The second kappa shape index (κ2) is 12.0. The van der Waals surface area contributed by atoms with E-state index in [-0.39, 0.29) is 29.5 Å². The number of anilines is 1. The molecule has 3 aliphatic rings. The predicted molar refractivity (Wildman–Crippen MR) is 145 cm³/mol. The first-order chi connectivity index (χ1) is 19.5. The largest absolute Gasteiger partial charge is 0.470 e. The average Bonchev–Trinajstić information content (AvgIpc) is 3.36. The number of hydrogen-bond donors (Lipinski definition) is 0. The third kappa shape index (κ3) is 5.87. The molecule has 12 heteroatoms. The molecule has 3 fully saturated rings. The zero-order valence-electron chi connectivity index (χ0n) is 22.6. The summed E-state index contributed by atoms with van der Waals surface area (Å²) in [5.41, 5.74) is 0.987. The first-order valence-corrected chi connectivity index (χ1v) is 14.2. The van der Waals surface area contributed by atoms with Gasteiger partial charge in [-0.3, -0.25) is 9.36 Å². The zero-order valence-corrected chi connectivity index (χ0v) is 22.6. The van der Waals surface area contributed by atoms with Gasteiger partial charge in [0.2, 0.25) is 17.7 Å². The molecule has 10 nitrogen and oxygen atoms in total. The van der Waals surface area contributed by atoms with Crippen LogP contribution in [-0.2, 0) is 9.53 Å². The van der Waals surface area contributed by atoms with Gasteiger partial charge in [0.1, 0.15) is 11.9 Å². The minimum absolute atomic E-state index is 0.140. The number of fused-ring (bicyclic) bond motifs is 1. The van der Waals surface area contributed by atoms with E-state index in [1.807, 2.05) is 9.80 Å². The smallest absolute Gasteiger partial charge is 0.296 e. The Balaban J connectivity index is 1.17. The van der Waals surface area contributed by atoms with E-state index < -0.39 is 6.43 Å². The molecule has 1 aromatic carbocycles. The van der Waals surface area contributed by atoms with Gasteiger partial charge in [-0.25, -0.2) is 13.8 Å². The number of halogens is 2. The van der Waals surface area contributed by atoms with Crippen LogP contribution in [0.1, 0.15) is 44.4 Å².